The maximum atomic E-state index is 14.9. The lowest BCUT2D eigenvalue weighted by atomic mass is 10.2. The van der Waals surface area contributed by atoms with Gasteiger partial charge in [-0.1, -0.05) is 5.21 Å². The van der Waals surface area contributed by atoms with Crippen molar-refractivity contribution in [2.75, 3.05) is 49.6 Å². The molecule has 1 atom stereocenters. The maximum Gasteiger partial charge on any atom is 0.424 e. The van der Waals surface area contributed by atoms with Crippen LogP contribution in [0.5, 0.6) is 0 Å². The molecule has 11 nitrogen and oxygen atoms in total. The molecule has 166 valence electrons. The summed E-state index contributed by atoms with van der Waals surface area (Å²) in [6.45, 7) is 1.34. The molecule has 4 rings (SSSR count). The molecule has 0 bridgehead atoms. The van der Waals surface area contributed by atoms with Crippen LogP contribution in [0.2, 0.25) is 0 Å². The summed E-state index contributed by atoms with van der Waals surface area (Å²) in [4.78, 5) is 26.6. The molecule has 0 radical (unpaired) electrons. The normalized spacial score (nSPS) is 19.4. The molecule has 13 heteroatoms. The molecule has 2 aliphatic rings. The third kappa shape index (κ3) is 4.35. The molecule has 2 fully saturated rings. The van der Waals surface area contributed by atoms with Gasteiger partial charge in [0.25, 0.3) is 0 Å². The highest BCUT2D eigenvalue weighted by atomic mass is 19.1. The fourth-order valence-corrected chi connectivity index (χ4v) is 3.60. The minimum atomic E-state index is -0.811. The van der Waals surface area contributed by atoms with Gasteiger partial charge in [-0.15, -0.1) is 5.10 Å². The number of nitrogens with zero attached hydrogens (tertiary/aromatic N) is 6. The summed E-state index contributed by atoms with van der Waals surface area (Å²) in [5.41, 5.74) is 2.69. The molecule has 1 aromatic heterocycles. The van der Waals surface area contributed by atoms with Crippen LogP contribution >= 0.6 is 0 Å². The fourth-order valence-electron chi connectivity index (χ4n) is 3.60. The van der Waals surface area contributed by atoms with Crippen LogP contribution in [0.15, 0.2) is 24.5 Å². The van der Waals surface area contributed by atoms with Gasteiger partial charge in [0.15, 0.2) is 11.6 Å². The number of hydrogen-bond acceptors (Lipinski definition) is 8. The fraction of sp³-hybridized carbons (Fsp3) is 0.444. The second-order valence-electron chi connectivity index (χ2n) is 7.02. The van der Waals surface area contributed by atoms with Gasteiger partial charge in [-0.25, -0.2) is 33.5 Å². The third-order valence-corrected chi connectivity index (χ3v) is 5.04. The van der Waals surface area contributed by atoms with Crippen LogP contribution in [-0.2, 0) is 16.0 Å². The minimum absolute atomic E-state index is 0.0639. The van der Waals surface area contributed by atoms with Gasteiger partial charge in [-0.05, 0) is 0 Å². The molecular formula is C18H21F2N7O4. The zero-order chi connectivity index (χ0) is 22.0. The lowest BCUT2D eigenvalue weighted by Gasteiger charge is -2.24. The van der Waals surface area contributed by atoms with Crippen LogP contribution in [0.4, 0.5) is 29.7 Å². The summed E-state index contributed by atoms with van der Waals surface area (Å²) in [7, 11) is 1.25. The molecule has 2 aromatic rings. The van der Waals surface area contributed by atoms with E-state index in [1.807, 2.05) is 0 Å². The number of methoxy groups -OCH3 is 1. The molecular weight excluding hydrogens is 416 g/mol. The van der Waals surface area contributed by atoms with Crippen LogP contribution in [-0.4, -0.2) is 78.1 Å². The molecule has 0 saturated carbocycles. The number of cyclic esters (lactones) is 1. The van der Waals surface area contributed by atoms with Gasteiger partial charge in [0.2, 0.25) is 0 Å². The average molecular weight is 437 g/mol. The van der Waals surface area contributed by atoms with E-state index >= 15 is 0 Å². The van der Waals surface area contributed by atoms with E-state index in [0.29, 0.717) is 0 Å². The standard InChI is InChI=1S/C18H21F2N7O4/c1-30-18(29)27-7-6-24(4-3-22-27)16-14(19)8-12(9-15(16)20)26-11-13(31-17(26)28)10-25-5-2-21-23-25/h2,5,8-9,13,22H,3-4,6-7,10-11H2,1H3/t13-/m0/s1. The van der Waals surface area contributed by atoms with Gasteiger partial charge < -0.3 is 14.4 Å². The molecule has 31 heavy (non-hydrogen) atoms. The van der Waals surface area contributed by atoms with E-state index < -0.39 is 29.9 Å². The number of carbonyl (C=O) groups is 2. The molecule has 0 unspecified atom stereocenters. The largest absolute Gasteiger partial charge is 0.452 e. The monoisotopic (exact) mass is 437 g/mol. The lowest BCUT2D eigenvalue weighted by molar-refractivity contribution is 0.106. The molecule has 0 spiro atoms. The van der Waals surface area contributed by atoms with Gasteiger partial charge in [0.1, 0.15) is 11.8 Å². The number of carbonyl (C=O) groups excluding carboxylic acids is 2. The molecule has 1 aromatic carbocycles. The van der Waals surface area contributed by atoms with E-state index in [9.17, 15) is 18.4 Å². The molecule has 2 saturated heterocycles. The first-order valence-electron chi connectivity index (χ1n) is 9.61. The number of anilines is 2. The average Bonchev–Trinajstić information content (AvgIpc) is 3.31. The predicted octanol–water partition coefficient (Wildman–Crippen LogP) is 0.975. The van der Waals surface area contributed by atoms with Crippen LogP contribution in [0.25, 0.3) is 0 Å². The predicted molar refractivity (Wildman–Crippen MR) is 103 cm³/mol. The molecule has 1 N–H and O–H groups in total. The van der Waals surface area contributed by atoms with E-state index in [0.717, 1.165) is 12.1 Å². The number of ether oxygens (including phenoxy) is 2. The highest BCUT2D eigenvalue weighted by Crippen LogP contribution is 2.31. The third-order valence-electron chi connectivity index (χ3n) is 5.04. The lowest BCUT2D eigenvalue weighted by Crippen LogP contribution is -2.43. The number of amides is 2. The maximum absolute atomic E-state index is 14.9. The van der Waals surface area contributed by atoms with Crippen molar-refractivity contribution in [1.82, 2.24) is 25.4 Å². The zero-order valence-corrected chi connectivity index (χ0v) is 16.7. The van der Waals surface area contributed by atoms with Gasteiger partial charge in [0.05, 0.1) is 38.6 Å². The van der Waals surface area contributed by atoms with E-state index in [1.165, 1.54) is 32.8 Å². The number of benzene rings is 1. The van der Waals surface area contributed by atoms with Gasteiger partial charge in [0, 0.05) is 38.0 Å². The van der Waals surface area contributed by atoms with E-state index in [4.69, 9.17) is 4.74 Å². The van der Waals surface area contributed by atoms with Crippen molar-refractivity contribution < 1.29 is 27.8 Å². The van der Waals surface area contributed by atoms with Crippen LogP contribution in [0, 0.1) is 11.6 Å². The topological polar surface area (TPSA) is 105 Å². The second kappa shape index (κ2) is 8.71. The van der Waals surface area contributed by atoms with Gasteiger partial charge in [-0.2, -0.15) is 0 Å². The second-order valence-corrected chi connectivity index (χ2v) is 7.02. The van der Waals surface area contributed by atoms with Crippen molar-refractivity contribution in [3.05, 3.63) is 36.2 Å². The Bertz CT molecular complexity index is 935. The number of aromatic nitrogens is 3. The van der Waals surface area contributed by atoms with Crippen molar-refractivity contribution in [1.29, 1.82) is 0 Å². The van der Waals surface area contributed by atoms with Crippen molar-refractivity contribution >= 4 is 23.6 Å². The van der Waals surface area contributed by atoms with Crippen molar-refractivity contribution in [2.45, 2.75) is 12.6 Å². The summed E-state index contributed by atoms with van der Waals surface area (Å²) in [6, 6.07) is 2.21. The number of rotatable bonds is 4. The Morgan fingerprint density at radius 1 is 1.29 bits per heavy atom. The van der Waals surface area contributed by atoms with Crippen LogP contribution < -0.4 is 15.2 Å². The molecule has 3 heterocycles. The Labute approximate surface area is 176 Å². The number of halogens is 2. The summed E-state index contributed by atoms with van der Waals surface area (Å²) in [5.74, 6) is -1.62. The Kier molecular flexibility index (Phi) is 5.84. The number of nitrogens with one attached hydrogen (secondary N) is 1. The molecule has 2 amide bonds. The van der Waals surface area contributed by atoms with E-state index in [-0.39, 0.29) is 50.6 Å². The van der Waals surface area contributed by atoms with Gasteiger partial charge in [-0.3, -0.25) is 4.90 Å². The highest BCUT2D eigenvalue weighted by molar-refractivity contribution is 5.90. The Balaban J connectivity index is 1.48. The smallest absolute Gasteiger partial charge is 0.424 e. The van der Waals surface area contributed by atoms with Crippen molar-refractivity contribution in [2.24, 2.45) is 0 Å². The number of hydrogen-bond donors (Lipinski definition) is 1. The number of hydrazine groups is 1. The Hall–Kier alpha value is -3.48. The van der Waals surface area contributed by atoms with E-state index in [1.54, 1.807) is 6.20 Å². The minimum Gasteiger partial charge on any atom is -0.452 e. The van der Waals surface area contributed by atoms with Crippen LogP contribution in [0.3, 0.4) is 0 Å². The summed E-state index contributed by atoms with van der Waals surface area (Å²) < 4.78 is 41.3. The summed E-state index contributed by atoms with van der Waals surface area (Å²) in [6.07, 6.45) is 1.33. The van der Waals surface area contributed by atoms with Gasteiger partial charge >= 0.3 is 12.2 Å². The van der Waals surface area contributed by atoms with Crippen LogP contribution in [0.1, 0.15) is 0 Å². The molecule has 2 aliphatic heterocycles. The Morgan fingerprint density at radius 3 is 2.74 bits per heavy atom. The molecule has 0 aliphatic carbocycles. The van der Waals surface area contributed by atoms with Crippen molar-refractivity contribution in [3.8, 4) is 0 Å². The SMILES string of the molecule is COC(=O)N1CCN(c2c(F)cc(N3C[C@H](Cn4ccnn4)OC3=O)cc2F)CCN1. The first-order valence-corrected chi connectivity index (χ1v) is 9.61. The first kappa shape index (κ1) is 20.8. The quantitative estimate of drug-likeness (QED) is 0.755. The first-order chi connectivity index (χ1) is 15.0. The summed E-state index contributed by atoms with van der Waals surface area (Å²) in [5, 5.41) is 8.75. The van der Waals surface area contributed by atoms with Crippen molar-refractivity contribution in [3.63, 3.8) is 0 Å². The van der Waals surface area contributed by atoms with E-state index in [2.05, 4.69) is 20.5 Å². The highest BCUT2D eigenvalue weighted by Gasteiger charge is 2.34. The Morgan fingerprint density at radius 2 is 2.06 bits per heavy atom. The summed E-state index contributed by atoms with van der Waals surface area (Å²) >= 11 is 0. The zero-order valence-electron chi connectivity index (χ0n) is 16.7.